The predicted octanol–water partition coefficient (Wildman–Crippen LogP) is 3.13. The van der Waals surface area contributed by atoms with Crippen molar-refractivity contribution in [2.45, 2.75) is 64.2 Å². The van der Waals surface area contributed by atoms with Crippen molar-refractivity contribution in [3.8, 4) is 0 Å². The maximum absolute atomic E-state index is 12.1. The van der Waals surface area contributed by atoms with E-state index in [1.807, 2.05) is 6.07 Å². The molecular weight excluding hydrogens is 300 g/mol. The molecule has 24 heavy (non-hydrogen) atoms. The summed E-state index contributed by atoms with van der Waals surface area (Å²) in [5, 5.41) is 0. The number of hydrogen-bond donors (Lipinski definition) is 0. The number of rotatable bonds is 3. The zero-order valence-electron chi connectivity index (χ0n) is 15.0. The van der Waals surface area contributed by atoms with Crippen LogP contribution in [-0.2, 0) is 16.1 Å². The van der Waals surface area contributed by atoms with Crippen molar-refractivity contribution in [1.29, 1.82) is 0 Å². The van der Waals surface area contributed by atoms with Crippen molar-refractivity contribution in [1.82, 2.24) is 9.80 Å². The number of benzene rings is 1. The number of imide groups is 1. The van der Waals surface area contributed by atoms with Gasteiger partial charge in [-0.25, -0.2) is 0 Å². The average molecular weight is 326 g/mol. The van der Waals surface area contributed by atoms with E-state index < -0.39 is 0 Å². The van der Waals surface area contributed by atoms with Crippen LogP contribution in [0.15, 0.2) is 42.5 Å². The van der Waals surface area contributed by atoms with E-state index in [-0.39, 0.29) is 28.9 Å². The quantitative estimate of drug-likeness (QED) is 0.801. The van der Waals surface area contributed by atoms with E-state index in [9.17, 15) is 9.59 Å². The highest BCUT2D eigenvalue weighted by Gasteiger charge is 2.48. The second-order valence-corrected chi connectivity index (χ2v) is 8.14. The molecule has 1 saturated heterocycles. The summed E-state index contributed by atoms with van der Waals surface area (Å²) in [6.07, 6.45) is 4.36. The number of hydrogen-bond acceptors (Lipinski definition) is 3. The van der Waals surface area contributed by atoms with Gasteiger partial charge in [0.2, 0.25) is 0 Å². The molecular formula is C20H26N2O2. The van der Waals surface area contributed by atoms with Gasteiger partial charge in [0, 0.05) is 35.8 Å². The van der Waals surface area contributed by atoms with Crippen LogP contribution in [0.5, 0.6) is 0 Å². The minimum absolute atomic E-state index is 0.0444. The summed E-state index contributed by atoms with van der Waals surface area (Å²) in [6.45, 7) is 9.71. The van der Waals surface area contributed by atoms with Gasteiger partial charge in [-0.3, -0.25) is 19.4 Å². The molecule has 0 unspecified atom stereocenters. The van der Waals surface area contributed by atoms with Crippen molar-refractivity contribution in [2.75, 3.05) is 0 Å². The lowest BCUT2D eigenvalue weighted by Crippen LogP contribution is -2.64. The molecule has 0 saturated carbocycles. The molecule has 0 N–H and O–H groups in total. The molecule has 4 heteroatoms. The minimum atomic E-state index is -0.173. The molecule has 1 aromatic rings. The zero-order valence-corrected chi connectivity index (χ0v) is 15.0. The summed E-state index contributed by atoms with van der Waals surface area (Å²) in [5.41, 5.74) is 1.07. The molecule has 0 aromatic heterocycles. The van der Waals surface area contributed by atoms with E-state index in [0.29, 0.717) is 0 Å². The lowest BCUT2D eigenvalue weighted by Gasteiger charge is -2.56. The van der Waals surface area contributed by atoms with Crippen LogP contribution >= 0.6 is 0 Å². The maximum atomic E-state index is 12.1. The van der Waals surface area contributed by atoms with Crippen molar-refractivity contribution < 1.29 is 9.59 Å². The number of likely N-dealkylation sites (tertiary alicyclic amines) is 1. The third-order valence-electron chi connectivity index (χ3n) is 5.32. The van der Waals surface area contributed by atoms with Gasteiger partial charge < -0.3 is 0 Å². The number of carbonyl (C=O) groups is 2. The lowest BCUT2D eigenvalue weighted by atomic mass is 9.76. The molecule has 4 nitrogen and oxygen atoms in total. The van der Waals surface area contributed by atoms with E-state index in [2.05, 4.69) is 56.9 Å². The smallest absolute Gasteiger partial charge is 0.253 e. The van der Waals surface area contributed by atoms with Gasteiger partial charge in [0.15, 0.2) is 0 Å². The number of carbonyl (C=O) groups excluding carboxylic acids is 2. The molecule has 2 amide bonds. The highest BCUT2D eigenvalue weighted by molar-refractivity contribution is 6.13. The molecule has 128 valence electrons. The van der Waals surface area contributed by atoms with E-state index in [1.54, 1.807) is 0 Å². The molecule has 2 aliphatic rings. The first-order chi connectivity index (χ1) is 11.2. The third kappa shape index (κ3) is 3.03. The van der Waals surface area contributed by atoms with Gasteiger partial charge in [0.1, 0.15) is 0 Å². The topological polar surface area (TPSA) is 40.6 Å². The van der Waals surface area contributed by atoms with Crippen LogP contribution in [0, 0.1) is 0 Å². The first-order valence-corrected chi connectivity index (χ1v) is 8.58. The molecule has 1 aromatic carbocycles. The fraction of sp³-hybridized carbons (Fsp3) is 0.500. The fourth-order valence-electron chi connectivity index (χ4n) is 4.41. The second-order valence-electron chi connectivity index (χ2n) is 8.14. The Morgan fingerprint density at radius 1 is 0.917 bits per heavy atom. The Morgan fingerprint density at radius 2 is 1.42 bits per heavy atom. The molecule has 1 fully saturated rings. The minimum Gasteiger partial charge on any atom is -0.289 e. The number of nitrogens with zero attached hydrogens (tertiary/aromatic N) is 2. The molecule has 2 aliphatic heterocycles. The summed E-state index contributed by atoms with van der Waals surface area (Å²) in [6, 6.07) is 10.4. The molecule has 0 spiro atoms. The standard InChI is InChI=1S/C20H26N2O2/c1-19(2)12-16(22-17(23)10-11-18(22)24)13-20(3,4)21(19)14-15-8-6-5-7-9-15/h5-11,16H,12-14H2,1-4H3. The van der Waals surface area contributed by atoms with Crippen LogP contribution in [0.2, 0.25) is 0 Å². The summed E-state index contributed by atoms with van der Waals surface area (Å²) < 4.78 is 0. The Hall–Kier alpha value is -1.94. The number of piperidine rings is 1. The maximum Gasteiger partial charge on any atom is 0.253 e. The normalized spacial score (nSPS) is 23.9. The van der Waals surface area contributed by atoms with Crippen LogP contribution in [0.1, 0.15) is 46.1 Å². The van der Waals surface area contributed by atoms with Crippen LogP contribution < -0.4 is 0 Å². The Kier molecular flexibility index (Phi) is 4.12. The van der Waals surface area contributed by atoms with Gasteiger partial charge >= 0.3 is 0 Å². The molecule has 0 aliphatic carbocycles. The van der Waals surface area contributed by atoms with Crippen molar-refractivity contribution in [3.63, 3.8) is 0 Å². The highest BCUT2D eigenvalue weighted by Crippen LogP contribution is 2.41. The van der Waals surface area contributed by atoms with Gasteiger partial charge in [-0.1, -0.05) is 30.3 Å². The van der Waals surface area contributed by atoms with E-state index in [4.69, 9.17) is 0 Å². The predicted molar refractivity (Wildman–Crippen MR) is 94.2 cm³/mol. The molecule has 3 rings (SSSR count). The largest absolute Gasteiger partial charge is 0.289 e. The first kappa shape index (κ1) is 16.9. The van der Waals surface area contributed by atoms with Crippen LogP contribution in [0.3, 0.4) is 0 Å². The van der Waals surface area contributed by atoms with Crippen LogP contribution in [0.4, 0.5) is 0 Å². The summed E-state index contributed by atoms with van der Waals surface area (Å²) in [5.74, 6) is -0.346. The van der Waals surface area contributed by atoms with Crippen LogP contribution in [-0.4, -0.2) is 38.7 Å². The van der Waals surface area contributed by atoms with Crippen molar-refractivity contribution in [2.24, 2.45) is 0 Å². The van der Waals surface area contributed by atoms with Gasteiger partial charge in [-0.2, -0.15) is 0 Å². The lowest BCUT2D eigenvalue weighted by molar-refractivity contribution is -0.145. The second kappa shape index (κ2) is 5.85. The Balaban J connectivity index is 1.84. The first-order valence-electron chi connectivity index (χ1n) is 8.58. The molecule has 0 bridgehead atoms. The molecule has 0 radical (unpaired) electrons. The van der Waals surface area contributed by atoms with Gasteiger partial charge in [-0.15, -0.1) is 0 Å². The summed E-state index contributed by atoms with van der Waals surface area (Å²) >= 11 is 0. The Bertz CT molecular complexity index is 640. The van der Waals surface area contributed by atoms with Crippen molar-refractivity contribution in [3.05, 3.63) is 48.0 Å². The van der Waals surface area contributed by atoms with E-state index in [0.717, 1.165) is 19.4 Å². The Morgan fingerprint density at radius 3 is 1.92 bits per heavy atom. The number of amides is 2. The third-order valence-corrected chi connectivity index (χ3v) is 5.32. The summed E-state index contributed by atoms with van der Waals surface area (Å²) in [4.78, 5) is 28.1. The molecule has 0 atom stereocenters. The monoisotopic (exact) mass is 326 g/mol. The SMILES string of the molecule is CC1(C)CC(N2C(=O)C=CC2=O)CC(C)(C)N1Cc1ccccc1. The van der Waals surface area contributed by atoms with Crippen LogP contribution in [0.25, 0.3) is 0 Å². The fourth-order valence-corrected chi connectivity index (χ4v) is 4.41. The Labute approximate surface area is 144 Å². The van der Waals surface area contributed by atoms with Gasteiger partial charge in [0.25, 0.3) is 11.8 Å². The average Bonchev–Trinajstić information content (AvgIpc) is 2.82. The molecule has 2 heterocycles. The summed E-state index contributed by atoms with van der Waals surface area (Å²) in [7, 11) is 0. The van der Waals surface area contributed by atoms with Gasteiger partial charge in [0.05, 0.1) is 0 Å². The van der Waals surface area contributed by atoms with Crippen molar-refractivity contribution >= 4 is 11.8 Å². The highest BCUT2D eigenvalue weighted by atomic mass is 16.2. The zero-order chi connectivity index (χ0) is 17.5. The van der Waals surface area contributed by atoms with E-state index in [1.165, 1.54) is 22.6 Å². The van der Waals surface area contributed by atoms with E-state index >= 15 is 0 Å². The van der Waals surface area contributed by atoms with Gasteiger partial charge in [-0.05, 0) is 46.1 Å².